The largest absolute Gasteiger partial charge is 0.336 e. The van der Waals surface area contributed by atoms with Gasteiger partial charge in [0.05, 0.1) is 10.5 Å². The molecule has 0 unspecified atom stereocenters. The van der Waals surface area contributed by atoms with Crippen LogP contribution >= 0.6 is 0 Å². The highest BCUT2D eigenvalue weighted by atomic mass is 32.2. The molecule has 144 valence electrons. The van der Waals surface area contributed by atoms with Gasteiger partial charge in [-0.3, -0.25) is 9.59 Å². The summed E-state index contributed by atoms with van der Waals surface area (Å²) in [6.07, 6.45) is 0. The van der Waals surface area contributed by atoms with E-state index in [0.29, 0.717) is 16.5 Å². The van der Waals surface area contributed by atoms with E-state index < -0.39 is 10.0 Å². The number of benzene rings is 2. The van der Waals surface area contributed by atoms with E-state index in [4.69, 9.17) is 0 Å². The SMILES string of the molecule is O=C(c1cc(=O)[nH]c2ccccc12)N1CCN(S(=O)(=O)c2ccccc2)CC1. The van der Waals surface area contributed by atoms with Crippen LogP contribution in [0.1, 0.15) is 10.4 Å². The molecule has 4 rings (SSSR count). The van der Waals surface area contributed by atoms with Gasteiger partial charge in [0.15, 0.2) is 0 Å². The lowest BCUT2D eigenvalue weighted by molar-refractivity contribution is 0.0699. The number of aromatic amines is 1. The van der Waals surface area contributed by atoms with Crippen LogP contribution in [0.5, 0.6) is 0 Å². The molecule has 0 spiro atoms. The maximum atomic E-state index is 13.0. The lowest BCUT2D eigenvalue weighted by Gasteiger charge is -2.34. The molecule has 0 bridgehead atoms. The molecule has 1 aliphatic heterocycles. The van der Waals surface area contributed by atoms with Gasteiger partial charge < -0.3 is 9.88 Å². The number of aromatic nitrogens is 1. The molecule has 1 fully saturated rings. The average molecular weight is 397 g/mol. The van der Waals surface area contributed by atoms with Crippen molar-refractivity contribution in [3.05, 3.63) is 76.6 Å². The fourth-order valence-corrected chi connectivity index (χ4v) is 4.87. The summed E-state index contributed by atoms with van der Waals surface area (Å²) in [5.41, 5.74) is 0.592. The Balaban J connectivity index is 1.55. The zero-order valence-electron chi connectivity index (χ0n) is 15.0. The van der Waals surface area contributed by atoms with Gasteiger partial charge in [-0.25, -0.2) is 8.42 Å². The number of nitrogens with zero attached hydrogens (tertiary/aromatic N) is 2. The predicted octanol–water partition coefficient (Wildman–Crippen LogP) is 1.67. The minimum Gasteiger partial charge on any atom is -0.336 e. The molecule has 2 aromatic carbocycles. The number of hydrogen-bond donors (Lipinski definition) is 1. The minimum absolute atomic E-state index is 0.212. The van der Waals surface area contributed by atoms with E-state index in [0.717, 1.165) is 0 Å². The number of sulfonamides is 1. The van der Waals surface area contributed by atoms with E-state index in [-0.39, 0.29) is 42.5 Å². The van der Waals surface area contributed by atoms with Gasteiger partial charge in [-0.15, -0.1) is 0 Å². The predicted molar refractivity (Wildman–Crippen MR) is 106 cm³/mol. The number of nitrogens with one attached hydrogen (secondary N) is 1. The van der Waals surface area contributed by atoms with E-state index in [1.165, 1.54) is 10.4 Å². The zero-order chi connectivity index (χ0) is 19.7. The van der Waals surface area contributed by atoms with Gasteiger partial charge in [0.25, 0.3) is 5.91 Å². The Hall–Kier alpha value is -2.97. The first-order valence-electron chi connectivity index (χ1n) is 8.93. The van der Waals surface area contributed by atoms with Crippen molar-refractivity contribution >= 4 is 26.8 Å². The van der Waals surface area contributed by atoms with Gasteiger partial charge in [0.2, 0.25) is 15.6 Å². The van der Waals surface area contributed by atoms with Crippen molar-refractivity contribution in [1.82, 2.24) is 14.2 Å². The standard InChI is InChI=1S/C20H19N3O4S/c24-19-14-17(16-8-4-5-9-18(16)21-19)20(25)22-10-12-23(13-11-22)28(26,27)15-6-2-1-3-7-15/h1-9,14H,10-13H2,(H,21,24). The molecule has 0 aliphatic carbocycles. The maximum Gasteiger partial charge on any atom is 0.254 e. The number of rotatable bonds is 3. The fraction of sp³-hybridized carbons (Fsp3) is 0.200. The van der Waals surface area contributed by atoms with Crippen LogP contribution in [0.25, 0.3) is 10.9 Å². The number of piperazine rings is 1. The van der Waals surface area contributed by atoms with Gasteiger partial charge in [-0.05, 0) is 18.2 Å². The number of H-pyrrole nitrogens is 1. The lowest BCUT2D eigenvalue weighted by atomic mass is 10.1. The van der Waals surface area contributed by atoms with Crippen LogP contribution in [0.15, 0.2) is 70.4 Å². The Bertz CT molecular complexity index is 1180. The first kappa shape index (κ1) is 18.4. The summed E-state index contributed by atoms with van der Waals surface area (Å²) in [5, 5.41) is 0.673. The van der Waals surface area contributed by atoms with E-state index in [1.807, 2.05) is 6.07 Å². The van der Waals surface area contributed by atoms with Crippen molar-refractivity contribution in [3.8, 4) is 0 Å². The number of amides is 1. The molecule has 7 nitrogen and oxygen atoms in total. The van der Waals surface area contributed by atoms with Gasteiger partial charge in [-0.1, -0.05) is 36.4 Å². The Kier molecular flexibility index (Phi) is 4.74. The first-order chi connectivity index (χ1) is 13.5. The second kappa shape index (κ2) is 7.21. The van der Waals surface area contributed by atoms with E-state index in [9.17, 15) is 18.0 Å². The molecule has 0 atom stereocenters. The van der Waals surface area contributed by atoms with Crippen molar-refractivity contribution in [1.29, 1.82) is 0 Å². The van der Waals surface area contributed by atoms with Crippen molar-refractivity contribution in [2.45, 2.75) is 4.90 Å². The molecular weight excluding hydrogens is 378 g/mol. The summed E-state index contributed by atoms with van der Waals surface area (Å²) in [6, 6.07) is 16.7. The van der Waals surface area contributed by atoms with E-state index in [2.05, 4.69) is 4.98 Å². The Morgan fingerprint density at radius 2 is 1.54 bits per heavy atom. The molecule has 1 aliphatic rings. The van der Waals surface area contributed by atoms with Crippen LogP contribution in [0.3, 0.4) is 0 Å². The van der Waals surface area contributed by atoms with Crippen LogP contribution in [0, 0.1) is 0 Å². The highest BCUT2D eigenvalue weighted by Gasteiger charge is 2.30. The molecule has 8 heteroatoms. The van der Waals surface area contributed by atoms with Crippen LogP contribution in [0.2, 0.25) is 0 Å². The molecule has 1 amide bonds. The molecule has 1 aromatic heterocycles. The Morgan fingerprint density at radius 3 is 2.25 bits per heavy atom. The molecule has 3 aromatic rings. The number of carbonyl (C=O) groups excluding carboxylic acids is 1. The van der Waals surface area contributed by atoms with Gasteiger partial charge >= 0.3 is 0 Å². The molecular formula is C20H19N3O4S. The lowest BCUT2D eigenvalue weighted by Crippen LogP contribution is -2.50. The molecule has 0 radical (unpaired) electrons. The summed E-state index contributed by atoms with van der Waals surface area (Å²) < 4.78 is 26.9. The summed E-state index contributed by atoms with van der Waals surface area (Å²) in [6.45, 7) is 0.965. The van der Waals surface area contributed by atoms with E-state index >= 15 is 0 Å². The molecule has 1 saturated heterocycles. The Morgan fingerprint density at radius 1 is 0.893 bits per heavy atom. The number of fused-ring (bicyclic) bond motifs is 1. The van der Waals surface area contributed by atoms with Crippen LogP contribution in [-0.2, 0) is 10.0 Å². The number of pyridine rings is 1. The van der Waals surface area contributed by atoms with Crippen molar-refractivity contribution in [3.63, 3.8) is 0 Å². The normalized spacial score (nSPS) is 15.6. The van der Waals surface area contributed by atoms with Crippen LogP contribution < -0.4 is 5.56 Å². The van der Waals surface area contributed by atoms with Crippen LogP contribution in [-0.4, -0.2) is 54.7 Å². The third kappa shape index (κ3) is 3.32. The second-order valence-electron chi connectivity index (χ2n) is 6.60. The molecule has 1 N–H and O–H groups in total. The van der Waals surface area contributed by atoms with Gasteiger partial charge in [0.1, 0.15) is 0 Å². The van der Waals surface area contributed by atoms with Crippen molar-refractivity contribution in [2.24, 2.45) is 0 Å². The first-order valence-corrected chi connectivity index (χ1v) is 10.4. The minimum atomic E-state index is -3.58. The quantitative estimate of drug-likeness (QED) is 0.728. The molecule has 0 saturated carbocycles. The number of carbonyl (C=O) groups is 1. The summed E-state index contributed by atoms with van der Waals surface area (Å²) in [5.74, 6) is -0.265. The topological polar surface area (TPSA) is 90.6 Å². The summed E-state index contributed by atoms with van der Waals surface area (Å²) in [4.78, 5) is 29.5. The third-order valence-corrected chi connectivity index (χ3v) is 6.80. The highest BCUT2D eigenvalue weighted by Crippen LogP contribution is 2.20. The molecule has 28 heavy (non-hydrogen) atoms. The van der Waals surface area contributed by atoms with Crippen LogP contribution in [0.4, 0.5) is 0 Å². The average Bonchev–Trinajstić information content (AvgIpc) is 2.73. The number of hydrogen-bond acceptors (Lipinski definition) is 4. The van der Waals surface area contributed by atoms with Crippen molar-refractivity contribution in [2.75, 3.05) is 26.2 Å². The van der Waals surface area contributed by atoms with Crippen molar-refractivity contribution < 1.29 is 13.2 Å². The molecule has 2 heterocycles. The summed E-state index contributed by atoms with van der Waals surface area (Å²) in [7, 11) is -3.58. The summed E-state index contributed by atoms with van der Waals surface area (Å²) >= 11 is 0. The zero-order valence-corrected chi connectivity index (χ0v) is 15.9. The fourth-order valence-electron chi connectivity index (χ4n) is 3.43. The highest BCUT2D eigenvalue weighted by molar-refractivity contribution is 7.89. The smallest absolute Gasteiger partial charge is 0.254 e. The van der Waals surface area contributed by atoms with Gasteiger partial charge in [-0.2, -0.15) is 4.31 Å². The number of para-hydroxylation sites is 1. The monoisotopic (exact) mass is 397 g/mol. The van der Waals surface area contributed by atoms with Gasteiger partial charge in [0, 0.05) is 43.1 Å². The third-order valence-electron chi connectivity index (χ3n) is 4.89. The van der Waals surface area contributed by atoms with E-state index in [1.54, 1.807) is 53.4 Å². The maximum absolute atomic E-state index is 13.0. The Labute approximate surface area is 162 Å². The second-order valence-corrected chi connectivity index (χ2v) is 8.54.